The van der Waals surface area contributed by atoms with Crippen molar-refractivity contribution in [3.63, 3.8) is 0 Å². The van der Waals surface area contributed by atoms with Crippen molar-refractivity contribution in [3.8, 4) is 0 Å². The lowest BCUT2D eigenvalue weighted by Crippen LogP contribution is -2.68. The Balaban J connectivity index is 0.000000658. The van der Waals surface area contributed by atoms with Gasteiger partial charge in [-0.2, -0.15) is 4.57 Å². The molecule has 2 aromatic carbocycles. The summed E-state index contributed by atoms with van der Waals surface area (Å²) in [6.07, 6.45) is 14.4. The van der Waals surface area contributed by atoms with Crippen LogP contribution in [0.5, 0.6) is 0 Å². The van der Waals surface area contributed by atoms with Gasteiger partial charge in [-0.15, -0.1) is 10.2 Å². The Morgan fingerprint density at radius 3 is 2.31 bits per heavy atom. The van der Waals surface area contributed by atoms with E-state index in [4.69, 9.17) is 18.6 Å². The van der Waals surface area contributed by atoms with Gasteiger partial charge in [0.25, 0.3) is 5.01 Å². The number of nitrogens with zero attached hydrogens (tertiary/aromatic N) is 2. The Kier molecular flexibility index (Phi) is 11.3. The van der Waals surface area contributed by atoms with Crippen molar-refractivity contribution in [2.75, 3.05) is 11.4 Å². The molecule has 0 N–H and O–H groups in total. The molecule has 3 aromatic rings. The Morgan fingerprint density at radius 1 is 0.889 bits per heavy atom. The Morgan fingerprint density at radius 2 is 1.56 bits per heavy atom. The molecule has 0 saturated heterocycles. The third-order valence-corrected chi connectivity index (χ3v) is 7.98. The van der Waals surface area contributed by atoms with Gasteiger partial charge in [0.2, 0.25) is 5.52 Å². The van der Waals surface area contributed by atoms with Gasteiger partial charge >= 0.3 is 0 Å². The first kappa shape index (κ1) is 28.7. The van der Waals surface area contributed by atoms with Crippen LogP contribution < -0.4 is 28.1 Å². The van der Waals surface area contributed by atoms with Crippen molar-refractivity contribution in [3.05, 3.63) is 70.7 Å². The Labute approximate surface area is 223 Å². The molecule has 2 heterocycles. The number of para-hydroxylation sites is 2. The second-order valence-electron chi connectivity index (χ2n) is 8.44. The van der Waals surface area contributed by atoms with Gasteiger partial charge in [-0.1, -0.05) is 86.6 Å². The highest BCUT2D eigenvalue weighted by atomic mass is 35.7. The standard InChI is InChI=1S/C27H33N2S2.ClHO4/c1-3-5-11-20-28-22-14-7-9-16-24(22)30-26(28)18-13-19-27-29(21-12-6-4-2)23-15-8-10-17-25(23)31-27;2-1(3,4)5/h7-10,13-19H,3-6,11-12,20-21H2,1-2H3;(H,2,3,4,5)/q+1;/p-1. The summed E-state index contributed by atoms with van der Waals surface area (Å²) < 4.78 is 37.8. The summed E-state index contributed by atoms with van der Waals surface area (Å²) in [7, 11) is -4.94. The lowest BCUT2D eigenvalue weighted by Gasteiger charge is -2.20. The van der Waals surface area contributed by atoms with Crippen LogP contribution in [0.1, 0.15) is 57.4 Å². The van der Waals surface area contributed by atoms with E-state index in [1.165, 1.54) is 69.4 Å². The van der Waals surface area contributed by atoms with Gasteiger partial charge in [-0.05, 0) is 37.1 Å². The smallest absolute Gasteiger partial charge is 0.262 e. The first-order valence-electron chi connectivity index (χ1n) is 12.3. The molecular formula is C27H33ClN2O4S2. The van der Waals surface area contributed by atoms with E-state index in [0.717, 1.165) is 13.1 Å². The van der Waals surface area contributed by atoms with Gasteiger partial charge in [0.1, 0.15) is 4.70 Å². The zero-order valence-electron chi connectivity index (χ0n) is 20.7. The highest BCUT2D eigenvalue weighted by molar-refractivity contribution is 8.03. The lowest BCUT2D eigenvalue weighted by molar-refractivity contribution is -2.00. The highest BCUT2D eigenvalue weighted by Gasteiger charge is 2.24. The van der Waals surface area contributed by atoms with Crippen LogP contribution in [0.4, 0.5) is 5.69 Å². The number of unbranched alkanes of at least 4 members (excludes halogenated alkanes) is 4. The predicted octanol–water partition coefficient (Wildman–Crippen LogP) is 3.28. The van der Waals surface area contributed by atoms with E-state index < -0.39 is 10.2 Å². The first-order chi connectivity index (χ1) is 17.3. The monoisotopic (exact) mass is 548 g/mol. The number of aryl methyl sites for hydroxylation is 1. The molecule has 1 aromatic heterocycles. The van der Waals surface area contributed by atoms with Gasteiger partial charge in [-0.25, -0.2) is 18.6 Å². The number of halogens is 1. The van der Waals surface area contributed by atoms with E-state index in [-0.39, 0.29) is 0 Å². The number of allylic oxidation sites excluding steroid dienone is 2. The quantitative estimate of drug-likeness (QED) is 0.285. The average Bonchev–Trinajstić information content (AvgIpc) is 3.36. The van der Waals surface area contributed by atoms with Crippen LogP contribution in [0.25, 0.3) is 16.3 Å². The van der Waals surface area contributed by atoms with Crippen LogP contribution in [0, 0.1) is 10.2 Å². The molecule has 0 spiro atoms. The predicted molar refractivity (Wildman–Crippen MR) is 138 cm³/mol. The largest absolute Gasteiger partial charge is 0.335 e. The summed E-state index contributed by atoms with van der Waals surface area (Å²) >= 11 is 3.79. The number of benzene rings is 2. The third-order valence-electron chi connectivity index (χ3n) is 5.72. The molecule has 4 rings (SSSR count). The van der Waals surface area contributed by atoms with E-state index in [2.05, 4.69) is 90.1 Å². The fraction of sp³-hybridized carbons (Fsp3) is 0.370. The van der Waals surface area contributed by atoms with E-state index in [0.29, 0.717) is 0 Å². The van der Waals surface area contributed by atoms with Crippen LogP contribution in [0.2, 0.25) is 0 Å². The topological polar surface area (TPSA) is 99.4 Å². The molecule has 0 radical (unpaired) electrons. The second kappa shape index (κ2) is 14.1. The number of aromatic nitrogens is 1. The maximum atomic E-state index is 8.49. The number of hydrogen-bond donors (Lipinski definition) is 0. The van der Waals surface area contributed by atoms with Crippen molar-refractivity contribution in [2.45, 2.75) is 63.8 Å². The average molecular weight is 549 g/mol. The molecule has 0 saturated carbocycles. The number of anilines is 1. The fourth-order valence-electron chi connectivity index (χ4n) is 4.07. The number of hydrogen-bond acceptors (Lipinski definition) is 7. The molecule has 0 atom stereocenters. The minimum absolute atomic E-state index is 1.09. The Bertz CT molecular complexity index is 1170. The maximum Gasteiger partial charge on any atom is 0.262 e. The van der Waals surface area contributed by atoms with Crippen LogP contribution >= 0.6 is 23.1 Å². The van der Waals surface area contributed by atoms with Gasteiger partial charge in [-0.3, -0.25) is 0 Å². The van der Waals surface area contributed by atoms with Crippen molar-refractivity contribution < 1.29 is 33.4 Å². The van der Waals surface area contributed by atoms with Crippen LogP contribution in [0.3, 0.4) is 0 Å². The number of thiazole rings is 1. The van der Waals surface area contributed by atoms with Gasteiger partial charge in [0.05, 0.1) is 10.7 Å². The molecular weight excluding hydrogens is 516 g/mol. The summed E-state index contributed by atoms with van der Waals surface area (Å²) in [5.41, 5.74) is 2.72. The first-order valence-corrected chi connectivity index (χ1v) is 15.1. The van der Waals surface area contributed by atoms with Crippen molar-refractivity contribution in [1.29, 1.82) is 0 Å². The molecule has 0 unspecified atom stereocenters. The Hall–Kier alpha value is -1.91. The molecule has 194 valence electrons. The third kappa shape index (κ3) is 8.59. The van der Waals surface area contributed by atoms with Crippen molar-refractivity contribution in [2.24, 2.45) is 0 Å². The summed E-state index contributed by atoms with van der Waals surface area (Å²) in [6.45, 7) is 6.73. The fourth-order valence-corrected chi connectivity index (χ4v) is 6.27. The second-order valence-corrected chi connectivity index (χ2v) is 11.3. The summed E-state index contributed by atoms with van der Waals surface area (Å²) in [5, 5.41) is 2.68. The van der Waals surface area contributed by atoms with E-state index in [1.807, 2.05) is 23.1 Å². The van der Waals surface area contributed by atoms with Crippen LogP contribution in [-0.4, -0.2) is 6.54 Å². The summed E-state index contributed by atoms with van der Waals surface area (Å²) in [4.78, 5) is 3.87. The van der Waals surface area contributed by atoms with Gasteiger partial charge < -0.3 is 4.90 Å². The normalized spacial score (nSPS) is 14.5. The van der Waals surface area contributed by atoms with E-state index >= 15 is 0 Å². The molecule has 9 heteroatoms. The number of thioether (sulfide) groups is 1. The lowest BCUT2D eigenvalue weighted by atomic mass is 10.2. The van der Waals surface area contributed by atoms with Gasteiger partial charge in [0.15, 0.2) is 6.54 Å². The molecule has 0 fully saturated rings. The van der Waals surface area contributed by atoms with E-state index in [9.17, 15) is 0 Å². The van der Waals surface area contributed by atoms with Crippen LogP contribution in [0.15, 0.2) is 70.6 Å². The van der Waals surface area contributed by atoms with Crippen LogP contribution in [-0.2, 0) is 6.54 Å². The number of fused-ring (bicyclic) bond motifs is 2. The molecule has 0 aliphatic carbocycles. The molecule has 6 nitrogen and oxygen atoms in total. The molecule has 0 amide bonds. The SMILES string of the molecule is CCCCCN1/C(=C/C=C/c2sc3ccccc3[n+]2CCCCC)Sc2ccccc21.[O-][Cl+3]([O-])([O-])[O-]. The summed E-state index contributed by atoms with van der Waals surface area (Å²) in [5.74, 6) is 0. The van der Waals surface area contributed by atoms with E-state index in [1.54, 1.807) is 0 Å². The minimum Gasteiger partial charge on any atom is -0.335 e. The summed E-state index contributed by atoms with van der Waals surface area (Å²) in [6, 6.07) is 17.6. The van der Waals surface area contributed by atoms with Crippen molar-refractivity contribution in [1.82, 2.24) is 0 Å². The minimum atomic E-state index is -4.94. The zero-order valence-corrected chi connectivity index (χ0v) is 23.1. The zero-order chi connectivity index (χ0) is 26.0. The highest BCUT2D eigenvalue weighted by Crippen LogP contribution is 2.45. The van der Waals surface area contributed by atoms with Gasteiger partial charge in [0, 0.05) is 30.0 Å². The number of rotatable bonds is 10. The molecule has 36 heavy (non-hydrogen) atoms. The molecule has 1 aliphatic rings. The van der Waals surface area contributed by atoms with Crippen molar-refractivity contribution >= 4 is 45.1 Å². The molecule has 1 aliphatic heterocycles. The maximum absolute atomic E-state index is 8.49. The molecule has 0 bridgehead atoms.